The molecule has 0 N–H and O–H groups in total. The fourth-order valence-corrected chi connectivity index (χ4v) is 6.56. The lowest BCUT2D eigenvalue weighted by molar-refractivity contribution is 0.127. The van der Waals surface area contributed by atoms with Crippen LogP contribution in [0, 0.1) is 0 Å². The van der Waals surface area contributed by atoms with E-state index in [0.29, 0.717) is 0 Å². The van der Waals surface area contributed by atoms with Gasteiger partial charge in [-0.3, -0.25) is 9.59 Å². The van der Waals surface area contributed by atoms with Crippen LogP contribution in [-0.2, 0) is 9.47 Å². The average molecular weight is 288 g/mol. The van der Waals surface area contributed by atoms with E-state index in [1.807, 2.05) is 27.7 Å². The normalized spacial score (nSPS) is 12.4. The molecule has 112 valence electrons. The largest absolute Gasteiger partial charge is 0.467 e. The summed E-state index contributed by atoms with van der Waals surface area (Å²) in [4.78, 5) is 25.0. The lowest BCUT2D eigenvalue weighted by atomic mass is 10.5. The Morgan fingerprint density at radius 2 is 0.947 bits per heavy atom. The van der Waals surface area contributed by atoms with Crippen molar-refractivity contribution >= 4 is 19.3 Å². The molecule has 0 unspecified atom stereocenters. The maximum Gasteiger partial charge on any atom is 0.316 e. The summed E-state index contributed by atoms with van der Waals surface area (Å²) in [6.07, 6.45) is -0.438. The van der Waals surface area contributed by atoms with Crippen LogP contribution in [0.3, 0.4) is 0 Å². The van der Waals surface area contributed by atoms with Crippen molar-refractivity contribution in [1.29, 1.82) is 0 Å². The van der Waals surface area contributed by atoms with Crippen molar-refractivity contribution in [2.24, 2.45) is 0 Å². The summed E-state index contributed by atoms with van der Waals surface area (Å²) in [6, 6.07) is 0. The van der Waals surface area contributed by atoms with E-state index in [1.54, 1.807) is 27.7 Å². The Bertz CT molecular complexity index is 289. The van der Waals surface area contributed by atoms with E-state index in [2.05, 4.69) is 0 Å². The van der Waals surface area contributed by atoms with Gasteiger partial charge < -0.3 is 9.47 Å². The van der Waals surface area contributed by atoms with Crippen molar-refractivity contribution < 1.29 is 19.1 Å². The number of carbonyl (C=O) groups is 2. The number of rotatable bonds is 6. The number of hydrogen-bond acceptors (Lipinski definition) is 4. The molecule has 19 heavy (non-hydrogen) atoms. The van der Waals surface area contributed by atoms with Crippen LogP contribution in [0.5, 0.6) is 0 Å². The highest BCUT2D eigenvalue weighted by molar-refractivity contribution is 7.24. The molecule has 0 aromatic carbocycles. The zero-order valence-electron chi connectivity index (χ0n) is 13.4. The topological polar surface area (TPSA) is 52.6 Å². The van der Waals surface area contributed by atoms with Crippen LogP contribution in [0.4, 0.5) is 9.59 Å². The van der Waals surface area contributed by atoms with Crippen LogP contribution in [0.1, 0.15) is 55.4 Å². The van der Waals surface area contributed by atoms with Crippen molar-refractivity contribution in [3.05, 3.63) is 0 Å². The summed E-state index contributed by atoms with van der Waals surface area (Å²) in [5.74, 6) is 0. The third kappa shape index (κ3) is 4.06. The molecule has 4 nitrogen and oxygen atoms in total. The zero-order chi connectivity index (χ0) is 15.4. The zero-order valence-corrected chi connectivity index (χ0v) is 14.4. The van der Waals surface area contributed by atoms with Crippen LogP contribution in [-0.4, -0.2) is 31.5 Å². The summed E-state index contributed by atoms with van der Waals surface area (Å²) in [7, 11) is -3.00. The predicted molar refractivity (Wildman–Crippen MR) is 79.2 cm³/mol. The second-order valence-electron chi connectivity index (χ2n) is 6.09. The molecule has 0 rings (SSSR count). The van der Waals surface area contributed by atoms with E-state index in [0.717, 1.165) is 0 Å². The molecular weight excluding hydrogens is 260 g/mol. The van der Waals surface area contributed by atoms with E-state index in [-0.39, 0.29) is 34.5 Å². The molecule has 5 heteroatoms. The SMILES string of the molecule is CC(C)OC(=O)[Si](C(=O)OC(C)C)(C(C)C)C(C)C. The van der Waals surface area contributed by atoms with Crippen LogP contribution >= 0.6 is 0 Å². The van der Waals surface area contributed by atoms with E-state index >= 15 is 0 Å². The number of hydrogen-bond donors (Lipinski definition) is 0. The van der Waals surface area contributed by atoms with E-state index < -0.39 is 8.07 Å². The molecule has 0 aliphatic rings. The van der Waals surface area contributed by atoms with Crippen molar-refractivity contribution in [2.75, 3.05) is 0 Å². The first-order chi connectivity index (χ1) is 8.56. The number of ether oxygens (including phenoxy) is 2. The first-order valence-electron chi connectivity index (χ1n) is 6.98. The standard InChI is InChI=1S/C14H28O4Si/c1-9(2)17-13(15)19(11(5)6,12(7)8)14(16)18-10(3)4/h9-12H,1-8H3. The van der Waals surface area contributed by atoms with E-state index in [1.165, 1.54) is 0 Å². The third-order valence-corrected chi connectivity index (χ3v) is 8.41. The first-order valence-corrected chi connectivity index (χ1v) is 9.14. The monoisotopic (exact) mass is 288 g/mol. The molecule has 0 aliphatic carbocycles. The molecule has 0 fully saturated rings. The van der Waals surface area contributed by atoms with Gasteiger partial charge in [-0.2, -0.15) is 0 Å². The maximum absolute atomic E-state index is 12.5. The van der Waals surface area contributed by atoms with Gasteiger partial charge in [-0.05, 0) is 38.8 Å². The Labute approximate surface area is 117 Å². The van der Waals surface area contributed by atoms with Crippen molar-refractivity contribution in [1.82, 2.24) is 0 Å². The molecule has 0 saturated carbocycles. The minimum absolute atomic E-state index is 0.0509. The lowest BCUT2D eigenvalue weighted by Gasteiger charge is -2.34. The van der Waals surface area contributed by atoms with Gasteiger partial charge in [-0.15, -0.1) is 0 Å². The van der Waals surface area contributed by atoms with Crippen molar-refractivity contribution in [3.8, 4) is 0 Å². The van der Waals surface area contributed by atoms with Gasteiger partial charge in [0.15, 0.2) is 0 Å². The fourth-order valence-electron chi connectivity index (χ4n) is 2.32. The van der Waals surface area contributed by atoms with Crippen molar-refractivity contribution in [3.63, 3.8) is 0 Å². The minimum Gasteiger partial charge on any atom is -0.467 e. The molecule has 0 bridgehead atoms. The fraction of sp³-hybridized carbons (Fsp3) is 0.857. The van der Waals surface area contributed by atoms with Gasteiger partial charge in [0.1, 0.15) is 0 Å². The molecule has 0 atom stereocenters. The number of carbonyl (C=O) groups excluding carboxylic acids is 2. The molecular formula is C14H28O4Si. The third-order valence-electron chi connectivity index (χ3n) is 3.18. The Kier molecular flexibility index (Phi) is 6.76. The van der Waals surface area contributed by atoms with Crippen LogP contribution in [0.15, 0.2) is 0 Å². The molecule has 0 aromatic rings. The van der Waals surface area contributed by atoms with Gasteiger partial charge in [-0.25, -0.2) is 0 Å². The van der Waals surface area contributed by atoms with Gasteiger partial charge >= 0.3 is 8.07 Å². The Morgan fingerprint density at radius 1 is 0.684 bits per heavy atom. The van der Waals surface area contributed by atoms with Crippen LogP contribution in [0.25, 0.3) is 0 Å². The molecule has 0 saturated heterocycles. The molecule has 0 amide bonds. The van der Waals surface area contributed by atoms with Gasteiger partial charge in [0.05, 0.1) is 12.2 Å². The minimum atomic E-state index is -3.00. The highest BCUT2D eigenvalue weighted by Crippen LogP contribution is 2.36. The summed E-state index contributed by atoms with van der Waals surface area (Å²) in [5, 5.41) is 0. The van der Waals surface area contributed by atoms with Gasteiger partial charge in [0.2, 0.25) is 0 Å². The lowest BCUT2D eigenvalue weighted by Crippen LogP contribution is -2.58. The molecule has 0 aliphatic heterocycles. The first kappa shape index (κ1) is 18.2. The highest BCUT2D eigenvalue weighted by atomic mass is 28.3. The summed E-state index contributed by atoms with van der Waals surface area (Å²) < 4.78 is 10.7. The van der Waals surface area contributed by atoms with Crippen molar-refractivity contribution in [2.45, 2.75) is 78.7 Å². The Morgan fingerprint density at radius 3 is 1.11 bits per heavy atom. The molecule has 0 spiro atoms. The molecule has 0 aromatic heterocycles. The summed E-state index contributed by atoms with van der Waals surface area (Å²) in [6.45, 7) is 14.8. The highest BCUT2D eigenvalue weighted by Gasteiger charge is 2.58. The van der Waals surface area contributed by atoms with E-state index in [4.69, 9.17) is 9.47 Å². The Hall–Kier alpha value is -0.843. The second kappa shape index (κ2) is 7.08. The maximum atomic E-state index is 12.5. The average Bonchev–Trinajstić information content (AvgIpc) is 2.13. The summed E-state index contributed by atoms with van der Waals surface area (Å²) >= 11 is 0. The quantitative estimate of drug-likeness (QED) is 0.675. The second-order valence-corrected chi connectivity index (χ2v) is 11.0. The van der Waals surface area contributed by atoms with Crippen LogP contribution < -0.4 is 0 Å². The van der Waals surface area contributed by atoms with Gasteiger partial charge in [0, 0.05) is 0 Å². The smallest absolute Gasteiger partial charge is 0.316 e. The molecule has 0 radical (unpaired) electrons. The van der Waals surface area contributed by atoms with Gasteiger partial charge in [-0.1, -0.05) is 27.7 Å². The van der Waals surface area contributed by atoms with Crippen LogP contribution in [0.2, 0.25) is 11.1 Å². The summed E-state index contributed by atoms with van der Waals surface area (Å²) in [5.41, 5.74) is -0.800. The van der Waals surface area contributed by atoms with Gasteiger partial charge in [0.25, 0.3) is 11.2 Å². The Balaban J connectivity index is 5.56. The predicted octanol–water partition coefficient (Wildman–Crippen LogP) is 4.51. The van der Waals surface area contributed by atoms with E-state index in [9.17, 15) is 9.59 Å². The molecule has 0 heterocycles.